The van der Waals surface area contributed by atoms with Crippen molar-refractivity contribution < 1.29 is 46.7 Å². The van der Waals surface area contributed by atoms with Crippen molar-refractivity contribution in [1.82, 2.24) is 4.90 Å². The number of likely N-dealkylation sites (N-methyl/N-ethyl adjacent to an activating group) is 1. The van der Waals surface area contributed by atoms with E-state index in [1.165, 1.54) is 96.3 Å². The number of carbonyl (C=O) groups excluding carboxylic acids is 3. The predicted molar refractivity (Wildman–Crippen MR) is 245 cm³/mol. The Kier molecular flexibility index (Phi) is 41.3. The fourth-order valence-corrected chi connectivity index (χ4v) is 7.98. The number of phosphoric acid groups is 1. The largest absolute Gasteiger partial charge is 0.474 e. The number of phosphoric ester groups is 1. The maximum absolute atomic E-state index is 13.3. The first kappa shape index (κ1) is 58.2. The van der Waals surface area contributed by atoms with E-state index in [1.54, 1.807) is 6.92 Å². The van der Waals surface area contributed by atoms with Crippen molar-refractivity contribution in [3.8, 4) is 0 Å². The van der Waals surface area contributed by atoms with E-state index >= 15 is 0 Å². The van der Waals surface area contributed by atoms with Gasteiger partial charge >= 0.3 is 25.7 Å². The molecule has 0 heterocycles. The Morgan fingerprint density at radius 1 is 0.517 bits per heavy atom. The Bertz CT molecular complexity index is 1090. The molecule has 2 unspecified atom stereocenters. The molecule has 0 aliphatic carbocycles. The maximum Gasteiger partial charge on any atom is 0.474 e. The van der Waals surface area contributed by atoms with Crippen LogP contribution in [-0.2, 0) is 46.7 Å². The third-order valence-electron chi connectivity index (χ3n) is 10.5. The van der Waals surface area contributed by atoms with Crippen LogP contribution in [0.5, 0.6) is 0 Å². The monoisotopic (exact) mass is 874 g/mol. The number of allylic oxidation sites excluding steroid dienone is 2. The first-order chi connectivity index (χ1) is 29.1. The predicted octanol–water partition coefficient (Wildman–Crippen LogP) is 13.3. The molecule has 0 rings (SSSR count). The zero-order chi connectivity index (χ0) is 44.4. The molecule has 0 aromatic rings. The zero-order valence-corrected chi connectivity index (χ0v) is 40.4. The van der Waals surface area contributed by atoms with E-state index in [1.807, 2.05) is 19.0 Å². The van der Waals surface area contributed by atoms with Gasteiger partial charge in [-0.2, -0.15) is 0 Å². The molecule has 0 aliphatic rings. The standard InChI is InChI=1S/C48H92NO10P/c1-7-11-14-17-19-20-21-22-23-24-25-26-27-29-32-36-46(50)55-42-45(43-58-60(53,56-10-4)57-40-39-49(5)6)59-48(52)38-33-37-47(51)54-41-44(34-30-16-13-9-3)35-31-28-18-15-12-8-2/h22-23,44-45H,7-21,24-43H2,1-6H3/b23-22-/t44?,45-,60?/m1/s1. The lowest BCUT2D eigenvalue weighted by Crippen LogP contribution is -2.30. The molecule has 0 saturated heterocycles. The minimum Gasteiger partial charge on any atom is -0.465 e. The van der Waals surface area contributed by atoms with Crippen LogP contribution >= 0.6 is 7.82 Å². The molecular weight excluding hydrogens is 781 g/mol. The number of carbonyl (C=O) groups is 3. The van der Waals surface area contributed by atoms with Gasteiger partial charge < -0.3 is 19.1 Å². The van der Waals surface area contributed by atoms with Crippen molar-refractivity contribution in [3.05, 3.63) is 12.2 Å². The van der Waals surface area contributed by atoms with E-state index in [0.29, 0.717) is 25.5 Å². The number of esters is 3. The fourth-order valence-electron chi connectivity index (χ4n) is 6.78. The van der Waals surface area contributed by atoms with Crippen LogP contribution in [0, 0.1) is 5.92 Å². The molecule has 0 aromatic heterocycles. The van der Waals surface area contributed by atoms with Crippen molar-refractivity contribution in [1.29, 1.82) is 0 Å². The lowest BCUT2D eigenvalue weighted by atomic mass is 9.95. The fraction of sp³-hybridized carbons (Fsp3) is 0.896. The van der Waals surface area contributed by atoms with E-state index in [2.05, 4.69) is 32.9 Å². The quantitative estimate of drug-likeness (QED) is 0.0191. The van der Waals surface area contributed by atoms with Gasteiger partial charge in [0.2, 0.25) is 0 Å². The molecule has 3 atom stereocenters. The lowest BCUT2D eigenvalue weighted by Gasteiger charge is -2.22. The summed E-state index contributed by atoms with van der Waals surface area (Å²) in [6.07, 6.45) is 33.7. The summed E-state index contributed by atoms with van der Waals surface area (Å²) in [5.41, 5.74) is 0. The highest BCUT2D eigenvalue weighted by molar-refractivity contribution is 7.48. The van der Waals surface area contributed by atoms with Gasteiger partial charge in [-0.05, 0) is 78.3 Å². The summed E-state index contributed by atoms with van der Waals surface area (Å²) < 4.78 is 46.4. The summed E-state index contributed by atoms with van der Waals surface area (Å²) >= 11 is 0. The van der Waals surface area contributed by atoms with E-state index in [4.69, 9.17) is 27.8 Å². The number of hydrogen-bond donors (Lipinski definition) is 0. The summed E-state index contributed by atoms with van der Waals surface area (Å²) in [6, 6.07) is 0. The molecule has 0 fully saturated rings. The normalized spacial score (nSPS) is 13.7. The zero-order valence-electron chi connectivity index (χ0n) is 39.5. The van der Waals surface area contributed by atoms with Crippen molar-refractivity contribution in [3.63, 3.8) is 0 Å². The molecule has 0 amide bonds. The van der Waals surface area contributed by atoms with Gasteiger partial charge in [0.1, 0.15) is 6.61 Å². The molecule has 0 radical (unpaired) electrons. The van der Waals surface area contributed by atoms with Gasteiger partial charge in [0, 0.05) is 25.8 Å². The van der Waals surface area contributed by atoms with Gasteiger partial charge in [0.25, 0.3) is 0 Å². The molecule has 0 saturated carbocycles. The number of ether oxygens (including phenoxy) is 3. The Hall–Kier alpha value is -1.78. The molecule has 0 N–H and O–H groups in total. The van der Waals surface area contributed by atoms with E-state index < -0.39 is 25.9 Å². The Morgan fingerprint density at radius 3 is 1.53 bits per heavy atom. The first-order valence-corrected chi connectivity index (χ1v) is 25.9. The Labute approximate surface area is 368 Å². The Morgan fingerprint density at radius 2 is 0.983 bits per heavy atom. The minimum atomic E-state index is -3.97. The third-order valence-corrected chi connectivity index (χ3v) is 12.1. The van der Waals surface area contributed by atoms with E-state index in [9.17, 15) is 18.9 Å². The van der Waals surface area contributed by atoms with Gasteiger partial charge in [0.15, 0.2) is 6.10 Å². The topological polar surface area (TPSA) is 127 Å². The molecule has 11 nitrogen and oxygen atoms in total. The first-order valence-electron chi connectivity index (χ1n) is 24.4. The number of nitrogens with zero attached hydrogens (tertiary/aromatic N) is 1. The summed E-state index contributed by atoms with van der Waals surface area (Å²) in [5.74, 6) is -0.934. The SMILES string of the molecule is CCCCCCCC/C=C\CCCCCCCC(=O)OC[C@H](COP(=O)(OCC)OCCN(C)C)OC(=O)CCCC(=O)OCC(CCCCCC)CCCCCCCC. The molecule has 354 valence electrons. The minimum absolute atomic E-state index is 0.0326. The second-order valence-corrected chi connectivity index (χ2v) is 18.4. The van der Waals surface area contributed by atoms with Crippen LogP contribution in [0.15, 0.2) is 12.2 Å². The van der Waals surface area contributed by atoms with Crippen LogP contribution in [0.3, 0.4) is 0 Å². The molecule has 12 heteroatoms. The van der Waals surface area contributed by atoms with Crippen LogP contribution in [-0.4, -0.2) is 82.6 Å². The van der Waals surface area contributed by atoms with Gasteiger partial charge in [-0.3, -0.25) is 28.0 Å². The van der Waals surface area contributed by atoms with Gasteiger partial charge in [0.05, 0.1) is 26.4 Å². The van der Waals surface area contributed by atoms with Crippen LogP contribution in [0.4, 0.5) is 0 Å². The molecule has 0 bridgehead atoms. The Balaban J connectivity index is 4.88. The van der Waals surface area contributed by atoms with E-state index in [-0.39, 0.29) is 58.1 Å². The van der Waals surface area contributed by atoms with Crippen LogP contribution in [0.2, 0.25) is 0 Å². The molecule has 60 heavy (non-hydrogen) atoms. The lowest BCUT2D eigenvalue weighted by molar-refractivity contribution is -0.161. The van der Waals surface area contributed by atoms with Crippen molar-refractivity contribution >= 4 is 25.7 Å². The molecular formula is C48H92NO10P. The van der Waals surface area contributed by atoms with Crippen LogP contribution in [0.1, 0.15) is 214 Å². The van der Waals surface area contributed by atoms with Crippen molar-refractivity contribution in [2.45, 2.75) is 220 Å². The maximum atomic E-state index is 13.3. The van der Waals surface area contributed by atoms with Crippen LogP contribution in [0.25, 0.3) is 0 Å². The second kappa shape index (κ2) is 42.5. The van der Waals surface area contributed by atoms with Crippen molar-refractivity contribution in [2.24, 2.45) is 5.92 Å². The van der Waals surface area contributed by atoms with E-state index in [0.717, 1.165) is 57.8 Å². The average molecular weight is 874 g/mol. The number of rotatable bonds is 45. The van der Waals surface area contributed by atoms with Gasteiger partial charge in [-0.25, -0.2) is 4.57 Å². The van der Waals surface area contributed by atoms with Crippen LogP contribution < -0.4 is 0 Å². The molecule has 0 aliphatic heterocycles. The number of hydrogen-bond acceptors (Lipinski definition) is 11. The summed E-state index contributed by atoms with van der Waals surface area (Å²) in [7, 11) is -0.244. The van der Waals surface area contributed by atoms with Gasteiger partial charge in [-0.1, -0.05) is 148 Å². The highest BCUT2D eigenvalue weighted by atomic mass is 31.2. The highest BCUT2D eigenvalue weighted by Gasteiger charge is 2.29. The summed E-state index contributed by atoms with van der Waals surface area (Å²) in [5, 5.41) is 0. The number of unbranched alkanes of at least 4 members (excludes halogenated alkanes) is 19. The molecule has 0 spiro atoms. The third kappa shape index (κ3) is 39.1. The average Bonchev–Trinajstić information content (AvgIpc) is 3.21. The second-order valence-electron chi connectivity index (χ2n) is 16.7. The smallest absolute Gasteiger partial charge is 0.465 e. The van der Waals surface area contributed by atoms with Gasteiger partial charge in [-0.15, -0.1) is 0 Å². The van der Waals surface area contributed by atoms with Crippen molar-refractivity contribution in [2.75, 3.05) is 53.7 Å². The summed E-state index contributed by atoms with van der Waals surface area (Å²) in [6.45, 7) is 8.84. The summed E-state index contributed by atoms with van der Waals surface area (Å²) in [4.78, 5) is 40.2. The molecule has 0 aromatic carbocycles. The highest BCUT2D eigenvalue weighted by Crippen LogP contribution is 2.49.